The van der Waals surface area contributed by atoms with Gasteiger partial charge >= 0.3 is 0 Å². The fourth-order valence-electron chi connectivity index (χ4n) is 2.34. The van der Waals surface area contributed by atoms with Crippen LogP contribution >= 0.6 is 0 Å². The number of anilines is 1. The molecule has 0 aliphatic carbocycles. The second kappa shape index (κ2) is 4.24. The summed E-state index contributed by atoms with van der Waals surface area (Å²) in [5, 5.41) is 29.2. The number of hydrogen-bond acceptors (Lipinski definition) is 8. The molecule has 0 aromatic carbocycles. The maximum atomic E-state index is 11.7. The third-order valence-electron chi connectivity index (χ3n) is 3.39. The molecule has 108 valence electrons. The van der Waals surface area contributed by atoms with E-state index in [9.17, 15) is 20.1 Å². The van der Waals surface area contributed by atoms with E-state index in [2.05, 4.69) is 15.0 Å². The fourth-order valence-corrected chi connectivity index (χ4v) is 2.34. The molecular weight excluding hydrogens is 270 g/mol. The molecular formula is C10H13N5O5. The lowest BCUT2D eigenvalue weighted by Gasteiger charge is -2.31. The highest BCUT2D eigenvalue weighted by Crippen LogP contribution is 2.33. The summed E-state index contributed by atoms with van der Waals surface area (Å²) in [6.45, 7) is -0.800. The summed E-state index contributed by atoms with van der Waals surface area (Å²) in [4.78, 5) is 21.8. The van der Waals surface area contributed by atoms with Gasteiger partial charge in [0.15, 0.2) is 16.9 Å². The highest BCUT2D eigenvalue weighted by atomic mass is 16.6. The van der Waals surface area contributed by atoms with Crippen LogP contribution in [0.1, 0.15) is 0 Å². The fraction of sp³-hybridized carbons (Fsp3) is 0.500. The molecule has 6 N–H and O–H groups in total. The molecule has 3 rings (SSSR count). The molecule has 2 aromatic heterocycles. The van der Waals surface area contributed by atoms with E-state index in [0.29, 0.717) is 0 Å². The van der Waals surface area contributed by atoms with E-state index in [1.54, 1.807) is 0 Å². The third kappa shape index (κ3) is 1.56. The summed E-state index contributed by atoms with van der Waals surface area (Å²) >= 11 is 0. The molecule has 0 saturated carbocycles. The minimum atomic E-state index is -1.65. The van der Waals surface area contributed by atoms with Gasteiger partial charge in [0.2, 0.25) is 5.95 Å². The van der Waals surface area contributed by atoms with Crippen LogP contribution in [-0.2, 0) is 10.5 Å². The second-order valence-corrected chi connectivity index (χ2v) is 4.56. The normalized spacial score (nSPS) is 30.1. The number of ether oxygens (including phenoxy) is 1. The summed E-state index contributed by atoms with van der Waals surface area (Å²) < 4.78 is 6.53. The monoisotopic (exact) mass is 283 g/mol. The predicted octanol–water partition coefficient (Wildman–Crippen LogP) is -2.90. The van der Waals surface area contributed by atoms with Crippen LogP contribution in [0.5, 0.6) is 0 Å². The SMILES string of the molecule is Nc1nc2c(ncn2[C@@]2(CO)OC[C@@H](O)[C@@H]2O)c(=O)[nH]1. The number of H-pyrrole nitrogens is 1. The zero-order valence-corrected chi connectivity index (χ0v) is 10.2. The Bertz CT molecular complexity index is 712. The molecule has 3 atom stereocenters. The van der Waals surface area contributed by atoms with Crippen molar-refractivity contribution in [2.24, 2.45) is 0 Å². The molecule has 3 heterocycles. The largest absolute Gasteiger partial charge is 0.391 e. The van der Waals surface area contributed by atoms with Crippen molar-refractivity contribution < 1.29 is 20.1 Å². The molecule has 1 aliphatic rings. The zero-order valence-electron chi connectivity index (χ0n) is 10.2. The number of nitrogens with one attached hydrogen (secondary N) is 1. The Hall–Kier alpha value is -2.01. The molecule has 10 heteroatoms. The molecule has 0 spiro atoms. The van der Waals surface area contributed by atoms with Crippen molar-refractivity contribution in [2.45, 2.75) is 17.9 Å². The summed E-state index contributed by atoms with van der Waals surface area (Å²) in [6, 6.07) is 0. The average molecular weight is 283 g/mol. The molecule has 1 saturated heterocycles. The Kier molecular flexibility index (Phi) is 2.76. The Morgan fingerprint density at radius 1 is 1.60 bits per heavy atom. The lowest BCUT2D eigenvalue weighted by molar-refractivity contribution is -0.149. The first-order valence-corrected chi connectivity index (χ1v) is 5.84. The van der Waals surface area contributed by atoms with Crippen LogP contribution in [0.3, 0.4) is 0 Å². The number of nitrogens with zero attached hydrogens (tertiary/aromatic N) is 3. The van der Waals surface area contributed by atoms with Crippen molar-refractivity contribution in [1.29, 1.82) is 0 Å². The predicted molar refractivity (Wildman–Crippen MR) is 65.6 cm³/mol. The first kappa shape index (κ1) is 13.0. The van der Waals surface area contributed by atoms with Crippen LogP contribution in [0, 0.1) is 0 Å². The lowest BCUT2D eigenvalue weighted by atomic mass is 10.1. The van der Waals surface area contributed by atoms with Gasteiger partial charge in [-0.3, -0.25) is 14.3 Å². The molecule has 1 aliphatic heterocycles. The molecule has 0 amide bonds. The van der Waals surface area contributed by atoms with E-state index >= 15 is 0 Å². The Morgan fingerprint density at radius 2 is 2.35 bits per heavy atom. The van der Waals surface area contributed by atoms with Crippen LogP contribution in [0.4, 0.5) is 5.95 Å². The maximum absolute atomic E-state index is 11.7. The number of hydrogen-bond donors (Lipinski definition) is 5. The number of aliphatic hydroxyl groups excluding tert-OH is 3. The van der Waals surface area contributed by atoms with E-state index in [1.165, 1.54) is 10.9 Å². The van der Waals surface area contributed by atoms with Crippen molar-refractivity contribution in [3.05, 3.63) is 16.7 Å². The molecule has 0 radical (unpaired) electrons. The van der Waals surface area contributed by atoms with Crippen molar-refractivity contribution in [1.82, 2.24) is 19.5 Å². The number of aromatic amines is 1. The first-order chi connectivity index (χ1) is 9.49. The third-order valence-corrected chi connectivity index (χ3v) is 3.39. The Morgan fingerprint density at radius 3 is 2.95 bits per heavy atom. The van der Waals surface area contributed by atoms with Crippen LogP contribution < -0.4 is 11.3 Å². The number of nitrogen functional groups attached to an aromatic ring is 1. The molecule has 0 unspecified atom stereocenters. The smallest absolute Gasteiger partial charge is 0.280 e. The van der Waals surface area contributed by atoms with Crippen LogP contribution in [0.15, 0.2) is 11.1 Å². The Balaban J connectivity index is 2.26. The van der Waals surface area contributed by atoms with Crippen molar-refractivity contribution >= 4 is 17.1 Å². The maximum Gasteiger partial charge on any atom is 0.280 e. The number of imidazole rings is 1. The van der Waals surface area contributed by atoms with Crippen molar-refractivity contribution in [3.63, 3.8) is 0 Å². The van der Waals surface area contributed by atoms with Gasteiger partial charge in [0.05, 0.1) is 19.5 Å². The van der Waals surface area contributed by atoms with Crippen molar-refractivity contribution in [3.8, 4) is 0 Å². The molecule has 20 heavy (non-hydrogen) atoms. The highest BCUT2D eigenvalue weighted by Gasteiger charge is 2.51. The van der Waals surface area contributed by atoms with Crippen LogP contribution in [-0.4, -0.2) is 60.3 Å². The molecule has 1 fully saturated rings. The molecule has 2 aromatic rings. The minimum Gasteiger partial charge on any atom is -0.391 e. The van der Waals surface area contributed by atoms with E-state index in [1.807, 2.05) is 0 Å². The Labute approximate surface area is 111 Å². The summed E-state index contributed by atoms with van der Waals surface area (Å²) in [7, 11) is 0. The van der Waals surface area contributed by atoms with Gasteiger partial charge in [-0.15, -0.1) is 0 Å². The number of fused-ring (bicyclic) bond motifs is 1. The number of rotatable bonds is 2. The minimum absolute atomic E-state index is 0.00999. The van der Waals surface area contributed by atoms with Gasteiger partial charge in [0.25, 0.3) is 5.56 Å². The van der Waals surface area contributed by atoms with Gasteiger partial charge in [-0.05, 0) is 0 Å². The van der Waals surface area contributed by atoms with Gasteiger partial charge < -0.3 is 25.8 Å². The van der Waals surface area contributed by atoms with Crippen LogP contribution in [0.2, 0.25) is 0 Å². The van der Waals surface area contributed by atoms with Crippen LogP contribution in [0.25, 0.3) is 11.2 Å². The summed E-state index contributed by atoms with van der Waals surface area (Å²) in [6.07, 6.45) is -1.37. The van der Waals surface area contributed by atoms with E-state index < -0.39 is 30.1 Å². The first-order valence-electron chi connectivity index (χ1n) is 5.84. The number of nitrogens with two attached hydrogens (primary N) is 1. The second-order valence-electron chi connectivity index (χ2n) is 4.56. The topological polar surface area (TPSA) is 160 Å². The van der Waals surface area contributed by atoms with Gasteiger partial charge in [-0.2, -0.15) is 4.98 Å². The quantitative estimate of drug-likeness (QED) is 0.392. The van der Waals surface area contributed by atoms with Crippen molar-refractivity contribution in [2.75, 3.05) is 18.9 Å². The molecule has 0 bridgehead atoms. The zero-order chi connectivity index (χ0) is 14.5. The number of aromatic nitrogens is 4. The highest BCUT2D eigenvalue weighted by molar-refractivity contribution is 5.70. The van der Waals surface area contributed by atoms with Gasteiger partial charge in [-0.25, -0.2) is 4.98 Å². The van der Waals surface area contributed by atoms with E-state index in [0.717, 1.165) is 0 Å². The molecule has 10 nitrogen and oxygen atoms in total. The van der Waals surface area contributed by atoms with E-state index in [-0.39, 0.29) is 23.7 Å². The number of aliphatic hydroxyl groups is 3. The van der Waals surface area contributed by atoms with E-state index in [4.69, 9.17) is 10.5 Å². The van der Waals surface area contributed by atoms with Gasteiger partial charge in [0, 0.05) is 0 Å². The lowest BCUT2D eigenvalue weighted by Crippen LogP contribution is -2.48. The van der Waals surface area contributed by atoms with Gasteiger partial charge in [0.1, 0.15) is 12.2 Å². The summed E-state index contributed by atoms with van der Waals surface area (Å²) in [5.41, 5.74) is 3.31. The van der Waals surface area contributed by atoms with Gasteiger partial charge in [-0.1, -0.05) is 0 Å². The standard InChI is InChI=1S/C10H13N5O5/c11-9-13-7-5(8(19)14-9)12-3-15(7)10(2-16)6(18)4(17)1-20-10/h3-4,6,16-18H,1-2H2,(H3,11,13,14,19)/t4-,6+,10+/m1/s1. The average Bonchev–Trinajstić information content (AvgIpc) is 2.94. The summed E-state index contributed by atoms with van der Waals surface area (Å²) in [5.74, 6) is -0.134.